The average molecular weight is 230 g/mol. The second kappa shape index (κ2) is 8.97. The number of hydrogen-bond acceptors (Lipinski definition) is 3. The molecule has 0 saturated carbocycles. The van der Waals surface area contributed by atoms with Crippen LogP contribution in [0.15, 0.2) is 0 Å². The Morgan fingerprint density at radius 1 is 1.12 bits per heavy atom. The van der Waals surface area contributed by atoms with E-state index in [2.05, 4.69) is 44.8 Å². The van der Waals surface area contributed by atoms with Crippen molar-refractivity contribution in [2.75, 3.05) is 26.2 Å². The molecule has 0 aromatic heterocycles. The molecule has 0 aliphatic heterocycles. The molecule has 0 aliphatic carbocycles. The lowest BCUT2D eigenvalue weighted by Crippen LogP contribution is -2.43. The minimum atomic E-state index is -0.257. The van der Waals surface area contributed by atoms with Gasteiger partial charge < -0.3 is 15.3 Å². The van der Waals surface area contributed by atoms with Gasteiger partial charge in [-0.05, 0) is 25.4 Å². The van der Waals surface area contributed by atoms with Crippen LogP contribution < -0.4 is 5.32 Å². The molecule has 0 heterocycles. The summed E-state index contributed by atoms with van der Waals surface area (Å²) < 4.78 is 0. The molecule has 0 bridgehead atoms. The molecule has 2 atom stereocenters. The Morgan fingerprint density at radius 3 is 2.06 bits per heavy atom. The van der Waals surface area contributed by atoms with Gasteiger partial charge in [0.15, 0.2) is 0 Å². The van der Waals surface area contributed by atoms with Crippen LogP contribution in [0, 0.1) is 5.92 Å². The Morgan fingerprint density at radius 2 is 1.69 bits per heavy atom. The van der Waals surface area contributed by atoms with E-state index in [1.165, 1.54) is 0 Å². The number of nitrogens with zero attached hydrogens (tertiary/aromatic N) is 1. The van der Waals surface area contributed by atoms with E-state index in [4.69, 9.17) is 0 Å². The van der Waals surface area contributed by atoms with Crippen LogP contribution in [0.1, 0.15) is 41.0 Å². The van der Waals surface area contributed by atoms with Crippen molar-refractivity contribution in [2.45, 2.75) is 53.2 Å². The Hall–Kier alpha value is -0.120. The van der Waals surface area contributed by atoms with Gasteiger partial charge in [-0.3, -0.25) is 0 Å². The first kappa shape index (κ1) is 15.9. The number of likely N-dealkylation sites (N-methyl/N-ethyl adjacent to an activating group) is 1. The molecule has 16 heavy (non-hydrogen) atoms. The van der Waals surface area contributed by atoms with Gasteiger partial charge in [-0.2, -0.15) is 0 Å². The Kier molecular flexibility index (Phi) is 8.90. The molecule has 3 nitrogen and oxygen atoms in total. The second-order valence-corrected chi connectivity index (χ2v) is 4.81. The summed E-state index contributed by atoms with van der Waals surface area (Å²) >= 11 is 0. The Labute approximate surface area is 101 Å². The van der Waals surface area contributed by atoms with Crippen LogP contribution in [0.25, 0.3) is 0 Å². The van der Waals surface area contributed by atoms with Crippen molar-refractivity contribution in [1.82, 2.24) is 10.2 Å². The smallest absolute Gasteiger partial charge is 0.0791 e. The lowest BCUT2D eigenvalue weighted by Gasteiger charge is -2.25. The van der Waals surface area contributed by atoms with Gasteiger partial charge in [0.2, 0.25) is 0 Å². The van der Waals surface area contributed by atoms with Crippen molar-refractivity contribution in [3.05, 3.63) is 0 Å². The Bertz CT molecular complexity index is 158. The molecule has 2 N–H and O–H groups in total. The van der Waals surface area contributed by atoms with Crippen LogP contribution in [0.2, 0.25) is 0 Å². The van der Waals surface area contributed by atoms with E-state index >= 15 is 0 Å². The van der Waals surface area contributed by atoms with Gasteiger partial charge in [0.05, 0.1) is 6.10 Å². The summed E-state index contributed by atoms with van der Waals surface area (Å²) in [5.74, 6) is 0.630. The fourth-order valence-electron chi connectivity index (χ4n) is 1.98. The SMILES string of the molecule is CCC(NCC(O)CN(CC)CC)C(C)C. The minimum Gasteiger partial charge on any atom is -0.390 e. The fraction of sp³-hybridized carbons (Fsp3) is 1.00. The molecule has 0 aromatic rings. The highest BCUT2D eigenvalue weighted by Crippen LogP contribution is 2.05. The maximum atomic E-state index is 9.90. The van der Waals surface area contributed by atoms with E-state index in [1.807, 2.05) is 0 Å². The van der Waals surface area contributed by atoms with E-state index in [-0.39, 0.29) is 6.10 Å². The number of hydrogen-bond donors (Lipinski definition) is 2. The quantitative estimate of drug-likeness (QED) is 0.633. The van der Waals surface area contributed by atoms with Crippen LogP contribution >= 0.6 is 0 Å². The summed E-state index contributed by atoms with van der Waals surface area (Å²) in [5.41, 5.74) is 0. The molecule has 98 valence electrons. The molecule has 0 aromatic carbocycles. The van der Waals surface area contributed by atoms with E-state index in [1.54, 1.807) is 0 Å². The molecule has 0 rings (SSSR count). The van der Waals surface area contributed by atoms with Crippen molar-refractivity contribution in [2.24, 2.45) is 5.92 Å². The van der Waals surface area contributed by atoms with E-state index < -0.39 is 0 Å². The van der Waals surface area contributed by atoms with Crippen molar-refractivity contribution in [3.8, 4) is 0 Å². The number of rotatable bonds is 9. The molecule has 0 saturated heterocycles. The lowest BCUT2D eigenvalue weighted by atomic mass is 10.0. The summed E-state index contributed by atoms with van der Waals surface area (Å²) in [5, 5.41) is 13.3. The topological polar surface area (TPSA) is 35.5 Å². The van der Waals surface area contributed by atoms with Crippen molar-refractivity contribution >= 4 is 0 Å². The highest BCUT2D eigenvalue weighted by Gasteiger charge is 2.13. The lowest BCUT2D eigenvalue weighted by molar-refractivity contribution is 0.111. The highest BCUT2D eigenvalue weighted by molar-refractivity contribution is 4.72. The van der Waals surface area contributed by atoms with Crippen LogP contribution in [0.5, 0.6) is 0 Å². The summed E-state index contributed by atoms with van der Waals surface area (Å²) in [6, 6.07) is 0.520. The molecule has 2 unspecified atom stereocenters. The van der Waals surface area contributed by atoms with Gasteiger partial charge >= 0.3 is 0 Å². The van der Waals surface area contributed by atoms with E-state index in [0.717, 1.165) is 26.1 Å². The summed E-state index contributed by atoms with van der Waals surface area (Å²) in [6.07, 6.45) is 0.864. The largest absolute Gasteiger partial charge is 0.390 e. The van der Waals surface area contributed by atoms with Crippen LogP contribution in [-0.4, -0.2) is 48.3 Å². The van der Waals surface area contributed by atoms with Crippen molar-refractivity contribution in [1.29, 1.82) is 0 Å². The molecular formula is C13H30N2O. The van der Waals surface area contributed by atoms with Gasteiger partial charge in [-0.1, -0.05) is 34.6 Å². The zero-order valence-electron chi connectivity index (χ0n) is 11.7. The molecule has 0 amide bonds. The van der Waals surface area contributed by atoms with Crippen molar-refractivity contribution < 1.29 is 5.11 Å². The first-order valence-electron chi connectivity index (χ1n) is 6.68. The minimum absolute atomic E-state index is 0.257. The summed E-state index contributed by atoms with van der Waals surface area (Å²) in [6.45, 7) is 14.4. The van der Waals surface area contributed by atoms with Gasteiger partial charge in [-0.15, -0.1) is 0 Å². The van der Waals surface area contributed by atoms with Gasteiger partial charge in [-0.25, -0.2) is 0 Å². The molecule has 0 radical (unpaired) electrons. The maximum Gasteiger partial charge on any atom is 0.0791 e. The van der Waals surface area contributed by atoms with Gasteiger partial charge in [0.1, 0.15) is 0 Å². The normalized spacial score (nSPS) is 15.8. The maximum absolute atomic E-state index is 9.90. The monoisotopic (exact) mass is 230 g/mol. The third-order valence-corrected chi connectivity index (χ3v) is 3.22. The fourth-order valence-corrected chi connectivity index (χ4v) is 1.98. The standard InChI is InChI=1S/C13H30N2O/c1-6-13(11(4)5)14-9-12(16)10-15(7-2)8-3/h11-14,16H,6-10H2,1-5H3. The van der Waals surface area contributed by atoms with Crippen LogP contribution in [-0.2, 0) is 0 Å². The van der Waals surface area contributed by atoms with E-state index in [9.17, 15) is 5.11 Å². The first-order valence-corrected chi connectivity index (χ1v) is 6.68. The highest BCUT2D eigenvalue weighted by atomic mass is 16.3. The second-order valence-electron chi connectivity index (χ2n) is 4.81. The molecule has 0 spiro atoms. The van der Waals surface area contributed by atoms with E-state index in [0.29, 0.717) is 18.5 Å². The predicted molar refractivity (Wildman–Crippen MR) is 70.7 cm³/mol. The number of aliphatic hydroxyl groups is 1. The van der Waals surface area contributed by atoms with Crippen LogP contribution in [0.4, 0.5) is 0 Å². The third kappa shape index (κ3) is 6.46. The number of aliphatic hydroxyl groups excluding tert-OH is 1. The molecular weight excluding hydrogens is 200 g/mol. The molecule has 0 aliphatic rings. The van der Waals surface area contributed by atoms with Gasteiger partial charge in [0.25, 0.3) is 0 Å². The zero-order valence-corrected chi connectivity index (χ0v) is 11.7. The third-order valence-electron chi connectivity index (χ3n) is 3.22. The van der Waals surface area contributed by atoms with Gasteiger partial charge in [0, 0.05) is 19.1 Å². The van der Waals surface area contributed by atoms with Crippen molar-refractivity contribution in [3.63, 3.8) is 0 Å². The Balaban J connectivity index is 3.82. The predicted octanol–water partition coefficient (Wildman–Crippen LogP) is 1.71. The summed E-state index contributed by atoms with van der Waals surface area (Å²) in [4.78, 5) is 2.25. The zero-order chi connectivity index (χ0) is 12.6. The molecule has 3 heteroatoms. The first-order chi connectivity index (χ1) is 7.54. The van der Waals surface area contributed by atoms with Crippen LogP contribution in [0.3, 0.4) is 0 Å². The molecule has 0 fully saturated rings. The summed E-state index contributed by atoms with van der Waals surface area (Å²) in [7, 11) is 0. The average Bonchev–Trinajstić information content (AvgIpc) is 2.26. The number of nitrogens with one attached hydrogen (secondary N) is 1.